The number of carbonyl (C=O) groups excluding carboxylic acids is 1. The molecule has 0 radical (unpaired) electrons. The van der Waals surface area contributed by atoms with Crippen LogP contribution in [0.5, 0.6) is 11.5 Å². The first-order valence-electron chi connectivity index (χ1n) is 14.5. The molecule has 0 saturated heterocycles. The molecule has 1 fully saturated rings. The summed E-state index contributed by atoms with van der Waals surface area (Å²) in [4.78, 5) is 34.3. The van der Waals surface area contributed by atoms with E-state index in [1.54, 1.807) is 20.4 Å². The molecule has 1 saturated carbocycles. The minimum Gasteiger partial charge on any atom is -0.496 e. The molecule has 2 N–H and O–H groups in total. The first-order valence-corrected chi connectivity index (χ1v) is 14.5. The van der Waals surface area contributed by atoms with E-state index in [1.807, 2.05) is 67.2 Å². The second-order valence-corrected chi connectivity index (χ2v) is 11.2. The zero-order valence-electron chi connectivity index (χ0n) is 24.8. The summed E-state index contributed by atoms with van der Waals surface area (Å²) in [7, 11) is 5.05. The van der Waals surface area contributed by atoms with Crippen LogP contribution in [0.25, 0.3) is 27.7 Å². The molecule has 43 heavy (non-hydrogen) atoms. The van der Waals surface area contributed by atoms with E-state index < -0.39 is 5.97 Å². The number of hydrogen-bond donors (Lipinski definition) is 2. The number of carboxylic acids is 1. The van der Waals surface area contributed by atoms with E-state index in [0.717, 1.165) is 64.9 Å². The average molecular weight is 582 g/mol. The molecule has 10 nitrogen and oxygen atoms in total. The highest BCUT2D eigenvalue weighted by molar-refractivity contribution is 6.08. The number of carbonyl (C=O) groups is 2. The summed E-state index contributed by atoms with van der Waals surface area (Å²) in [5.41, 5.74) is 5.37. The Morgan fingerprint density at radius 1 is 1.05 bits per heavy atom. The second kappa shape index (κ2) is 11.4. The molecule has 0 spiro atoms. The van der Waals surface area contributed by atoms with Crippen molar-refractivity contribution in [2.75, 3.05) is 19.5 Å². The van der Waals surface area contributed by atoms with Crippen LogP contribution in [0, 0.1) is 12.8 Å². The molecule has 1 amide bonds. The molecule has 222 valence electrons. The van der Waals surface area contributed by atoms with Gasteiger partial charge in [-0.1, -0.05) is 12.1 Å². The third-order valence-electron chi connectivity index (χ3n) is 8.66. The number of anilines is 1. The van der Waals surface area contributed by atoms with Gasteiger partial charge in [0.05, 0.1) is 42.3 Å². The van der Waals surface area contributed by atoms with Gasteiger partial charge in [0.1, 0.15) is 23.0 Å². The van der Waals surface area contributed by atoms with Crippen LogP contribution < -0.4 is 14.8 Å². The van der Waals surface area contributed by atoms with Gasteiger partial charge in [-0.3, -0.25) is 19.0 Å². The molecule has 0 bridgehead atoms. The molecule has 10 heteroatoms. The summed E-state index contributed by atoms with van der Waals surface area (Å²) in [5, 5.41) is 13.1. The van der Waals surface area contributed by atoms with Crippen molar-refractivity contribution in [3.63, 3.8) is 0 Å². The molecule has 6 rings (SSSR count). The highest BCUT2D eigenvalue weighted by Crippen LogP contribution is 2.40. The maximum atomic E-state index is 13.4. The van der Waals surface area contributed by atoms with Crippen molar-refractivity contribution in [3.8, 4) is 22.8 Å². The highest BCUT2D eigenvalue weighted by Gasteiger charge is 2.28. The largest absolute Gasteiger partial charge is 0.496 e. The minimum atomic E-state index is -0.732. The van der Waals surface area contributed by atoms with Crippen molar-refractivity contribution < 1.29 is 24.2 Å². The number of aliphatic carboxylic acids is 1. The number of methoxy groups -OCH3 is 2. The lowest BCUT2D eigenvalue weighted by Gasteiger charge is -2.26. The summed E-state index contributed by atoms with van der Waals surface area (Å²) in [6.07, 6.45) is 7.49. The molecule has 0 atom stereocenters. The van der Waals surface area contributed by atoms with Crippen molar-refractivity contribution in [3.05, 3.63) is 72.1 Å². The molecule has 0 aliphatic heterocycles. The van der Waals surface area contributed by atoms with Gasteiger partial charge in [-0.2, -0.15) is 0 Å². The van der Waals surface area contributed by atoms with E-state index in [9.17, 15) is 14.7 Å². The Kier molecular flexibility index (Phi) is 7.52. The summed E-state index contributed by atoms with van der Waals surface area (Å²) in [5.74, 6) is 1.63. The molecular weight excluding hydrogens is 546 g/mol. The molecular formula is C33H35N5O5. The first kappa shape index (κ1) is 28.3. The summed E-state index contributed by atoms with van der Waals surface area (Å²) >= 11 is 0. The van der Waals surface area contributed by atoms with Gasteiger partial charge in [-0.05, 0) is 68.9 Å². The maximum Gasteiger partial charge on any atom is 0.303 e. The predicted octanol–water partition coefficient (Wildman–Crippen LogP) is 6.21. The van der Waals surface area contributed by atoms with Gasteiger partial charge in [0.25, 0.3) is 5.91 Å². The molecule has 1 aliphatic carbocycles. The number of ether oxygens (including phenoxy) is 2. The number of hydrogen-bond acceptors (Lipinski definition) is 6. The van der Waals surface area contributed by atoms with Gasteiger partial charge in [-0.25, -0.2) is 4.98 Å². The van der Waals surface area contributed by atoms with Gasteiger partial charge in [0, 0.05) is 42.7 Å². The molecule has 5 aromatic rings. The Balaban J connectivity index is 1.31. The van der Waals surface area contributed by atoms with Crippen LogP contribution in [0.3, 0.4) is 0 Å². The number of amides is 1. The second-order valence-electron chi connectivity index (χ2n) is 11.2. The van der Waals surface area contributed by atoms with Gasteiger partial charge in [-0.15, -0.1) is 0 Å². The fraction of sp³-hybridized carbons (Fsp3) is 0.333. The maximum absolute atomic E-state index is 13.4. The molecule has 1 aliphatic rings. The van der Waals surface area contributed by atoms with E-state index in [-0.39, 0.29) is 24.2 Å². The van der Waals surface area contributed by atoms with Crippen LogP contribution in [0.1, 0.15) is 60.0 Å². The molecule has 2 aromatic carbocycles. The lowest BCUT2D eigenvalue weighted by molar-refractivity contribution is -0.138. The van der Waals surface area contributed by atoms with Crippen molar-refractivity contribution in [1.29, 1.82) is 0 Å². The molecule has 3 aromatic heterocycles. The van der Waals surface area contributed by atoms with Crippen LogP contribution in [0.15, 0.2) is 54.9 Å². The van der Waals surface area contributed by atoms with Gasteiger partial charge >= 0.3 is 5.97 Å². The van der Waals surface area contributed by atoms with Gasteiger partial charge in [0.2, 0.25) is 0 Å². The summed E-state index contributed by atoms with van der Waals surface area (Å²) < 4.78 is 15.2. The first-order chi connectivity index (χ1) is 20.8. The number of aromatic nitrogens is 4. The number of nitrogens with zero attached hydrogens (tertiary/aromatic N) is 4. The van der Waals surface area contributed by atoms with E-state index in [1.165, 1.54) is 0 Å². The molecule has 0 unspecified atom stereocenters. The zero-order chi connectivity index (χ0) is 30.2. The van der Waals surface area contributed by atoms with Gasteiger partial charge in [0.15, 0.2) is 0 Å². The monoisotopic (exact) mass is 581 g/mol. The highest BCUT2D eigenvalue weighted by atomic mass is 16.5. The van der Waals surface area contributed by atoms with Crippen LogP contribution in [-0.4, -0.2) is 50.1 Å². The number of fused-ring (bicyclic) bond motifs is 2. The Morgan fingerprint density at radius 3 is 2.53 bits per heavy atom. The van der Waals surface area contributed by atoms with Crippen molar-refractivity contribution in [2.24, 2.45) is 13.0 Å². The zero-order valence-corrected chi connectivity index (χ0v) is 24.8. The number of carboxylic acid groups (broad SMARTS) is 1. The minimum absolute atomic E-state index is 0.214. The van der Waals surface area contributed by atoms with Crippen LogP contribution in [0.4, 0.5) is 5.69 Å². The van der Waals surface area contributed by atoms with Crippen LogP contribution >= 0.6 is 0 Å². The SMILES string of the molecule is COc1cc(-c2nc(C3CCC(CC(=O)O)CC3)n3ccnc(C)c23)ccc1NC(=O)c1cc2c(OC)cccc2n1C. The van der Waals surface area contributed by atoms with Crippen molar-refractivity contribution >= 4 is 34.0 Å². The number of rotatable bonds is 8. The third-order valence-corrected chi connectivity index (χ3v) is 8.66. The fourth-order valence-corrected chi connectivity index (χ4v) is 6.44. The smallest absolute Gasteiger partial charge is 0.303 e. The predicted molar refractivity (Wildman–Crippen MR) is 164 cm³/mol. The van der Waals surface area contributed by atoms with Gasteiger partial charge < -0.3 is 24.5 Å². The quantitative estimate of drug-likeness (QED) is 0.223. The normalized spacial score (nSPS) is 16.8. The lowest BCUT2D eigenvalue weighted by atomic mass is 9.80. The van der Waals surface area contributed by atoms with E-state index in [0.29, 0.717) is 22.9 Å². The number of aryl methyl sites for hydroxylation is 2. The number of benzene rings is 2. The summed E-state index contributed by atoms with van der Waals surface area (Å²) in [6, 6.07) is 13.2. The lowest BCUT2D eigenvalue weighted by Crippen LogP contribution is -2.17. The summed E-state index contributed by atoms with van der Waals surface area (Å²) in [6.45, 7) is 1.97. The van der Waals surface area contributed by atoms with Crippen LogP contribution in [0.2, 0.25) is 0 Å². The average Bonchev–Trinajstić information content (AvgIpc) is 3.56. The van der Waals surface area contributed by atoms with E-state index in [4.69, 9.17) is 14.5 Å². The van der Waals surface area contributed by atoms with Crippen molar-refractivity contribution in [1.82, 2.24) is 18.9 Å². The number of nitrogens with one attached hydrogen (secondary N) is 1. The Bertz CT molecular complexity index is 1850. The Morgan fingerprint density at radius 2 is 1.81 bits per heavy atom. The van der Waals surface area contributed by atoms with E-state index >= 15 is 0 Å². The van der Waals surface area contributed by atoms with E-state index in [2.05, 4.69) is 14.7 Å². The third kappa shape index (κ3) is 5.17. The fourth-order valence-electron chi connectivity index (χ4n) is 6.44. The van der Waals surface area contributed by atoms with Crippen LogP contribution in [-0.2, 0) is 11.8 Å². The number of imidazole rings is 1. The topological polar surface area (TPSA) is 120 Å². The Labute approximate surface area is 249 Å². The van der Waals surface area contributed by atoms with Crippen molar-refractivity contribution in [2.45, 2.75) is 44.9 Å². The Hall–Kier alpha value is -4.86. The molecule has 3 heterocycles. The standard InChI is InChI=1S/C33H35N5O5/c1-19-31-30(36-32(38(31)15-14-34-19)21-10-8-20(9-11-21)16-29(39)40)22-12-13-24(28(17-22)43-4)35-33(41)26-18-23-25(37(26)2)6-5-7-27(23)42-3/h5-7,12-15,17-18,20-21H,8-11,16H2,1-4H3,(H,35,41)(H,39,40).